The third-order valence-corrected chi connectivity index (χ3v) is 4.14. The van der Waals surface area contributed by atoms with E-state index < -0.39 is 0 Å². The van der Waals surface area contributed by atoms with Gasteiger partial charge in [0, 0.05) is 24.3 Å². The summed E-state index contributed by atoms with van der Waals surface area (Å²) in [5, 5.41) is 0. The van der Waals surface area contributed by atoms with Gasteiger partial charge in [-0.1, -0.05) is 67.6 Å². The summed E-state index contributed by atoms with van der Waals surface area (Å²) >= 11 is 0. The summed E-state index contributed by atoms with van der Waals surface area (Å²) in [4.78, 5) is 4.70. The maximum absolute atomic E-state index is 5.54. The molecular formula is C22H26N2O2. The Balaban J connectivity index is 1.73. The number of hydrogen-bond acceptors (Lipinski definition) is 3. The Labute approximate surface area is 155 Å². The first kappa shape index (κ1) is 18.4. The van der Waals surface area contributed by atoms with Gasteiger partial charge in [-0.15, -0.1) is 0 Å². The predicted molar refractivity (Wildman–Crippen MR) is 105 cm³/mol. The van der Waals surface area contributed by atoms with Crippen LogP contribution in [0.5, 0.6) is 0 Å². The molecular weight excluding hydrogens is 324 g/mol. The largest absolute Gasteiger partial charge is 0.355 e. The highest BCUT2D eigenvalue weighted by Crippen LogP contribution is 2.31. The van der Waals surface area contributed by atoms with Gasteiger partial charge in [-0.25, -0.2) is 4.98 Å². The van der Waals surface area contributed by atoms with E-state index in [0.29, 0.717) is 13.4 Å². The van der Waals surface area contributed by atoms with Crippen LogP contribution in [-0.2, 0) is 16.0 Å². The molecule has 0 amide bonds. The molecule has 4 heteroatoms. The normalized spacial score (nSPS) is 11.0. The highest BCUT2D eigenvalue weighted by atomic mass is 16.7. The van der Waals surface area contributed by atoms with Gasteiger partial charge in [0.1, 0.15) is 6.79 Å². The molecule has 3 aromatic rings. The second-order valence-corrected chi connectivity index (χ2v) is 6.16. The summed E-state index contributed by atoms with van der Waals surface area (Å²) in [6.07, 6.45) is 3.86. The van der Waals surface area contributed by atoms with Crippen LogP contribution in [0.25, 0.3) is 22.5 Å². The lowest BCUT2D eigenvalue weighted by atomic mass is 10.0. The van der Waals surface area contributed by atoms with Crippen molar-refractivity contribution >= 4 is 0 Å². The number of imidazole rings is 1. The fourth-order valence-corrected chi connectivity index (χ4v) is 2.92. The number of ether oxygens (including phenoxy) is 2. The van der Waals surface area contributed by atoms with Gasteiger partial charge >= 0.3 is 0 Å². The van der Waals surface area contributed by atoms with Crippen LogP contribution in [0.4, 0.5) is 0 Å². The van der Waals surface area contributed by atoms with Gasteiger partial charge in [-0.2, -0.15) is 0 Å². The number of rotatable bonds is 10. The molecule has 26 heavy (non-hydrogen) atoms. The second-order valence-electron chi connectivity index (χ2n) is 6.16. The van der Waals surface area contributed by atoms with Crippen LogP contribution >= 0.6 is 0 Å². The third-order valence-electron chi connectivity index (χ3n) is 4.14. The molecule has 136 valence electrons. The Kier molecular flexibility index (Phi) is 6.99. The molecule has 0 atom stereocenters. The molecule has 0 bridgehead atoms. The summed E-state index contributed by atoms with van der Waals surface area (Å²) in [7, 11) is 0. The Morgan fingerprint density at radius 3 is 2.19 bits per heavy atom. The summed E-state index contributed by atoms with van der Waals surface area (Å²) < 4.78 is 13.1. The highest BCUT2D eigenvalue weighted by molar-refractivity contribution is 5.78. The minimum atomic E-state index is 0.374. The molecule has 0 fully saturated rings. The molecule has 0 spiro atoms. The van der Waals surface area contributed by atoms with Crippen molar-refractivity contribution in [2.45, 2.75) is 26.3 Å². The maximum atomic E-state index is 5.54. The molecule has 3 rings (SSSR count). The van der Waals surface area contributed by atoms with Crippen molar-refractivity contribution in [1.29, 1.82) is 0 Å². The van der Waals surface area contributed by atoms with E-state index in [1.165, 1.54) is 5.56 Å². The summed E-state index contributed by atoms with van der Waals surface area (Å²) in [6.45, 7) is 4.75. The molecule has 1 aromatic heterocycles. The SMILES string of the molecule is CCCOCOCCCn1cnc(-c2ccccc2)c1-c1ccccc1. The van der Waals surface area contributed by atoms with E-state index in [9.17, 15) is 0 Å². The minimum absolute atomic E-state index is 0.374. The van der Waals surface area contributed by atoms with Crippen LogP contribution in [0, 0.1) is 0 Å². The van der Waals surface area contributed by atoms with E-state index >= 15 is 0 Å². The molecule has 2 aromatic carbocycles. The molecule has 0 saturated heterocycles. The van der Waals surface area contributed by atoms with Crippen molar-refractivity contribution in [3.63, 3.8) is 0 Å². The molecule has 0 N–H and O–H groups in total. The minimum Gasteiger partial charge on any atom is -0.355 e. The van der Waals surface area contributed by atoms with Gasteiger partial charge in [-0.05, 0) is 12.8 Å². The van der Waals surface area contributed by atoms with Crippen LogP contribution < -0.4 is 0 Å². The van der Waals surface area contributed by atoms with E-state index in [0.717, 1.165) is 42.9 Å². The lowest BCUT2D eigenvalue weighted by molar-refractivity contribution is -0.0546. The van der Waals surface area contributed by atoms with Crippen LogP contribution in [0.1, 0.15) is 19.8 Å². The molecule has 0 aliphatic carbocycles. The van der Waals surface area contributed by atoms with Gasteiger partial charge in [0.25, 0.3) is 0 Å². The third kappa shape index (κ3) is 4.81. The fraction of sp³-hybridized carbons (Fsp3) is 0.318. The van der Waals surface area contributed by atoms with Crippen LogP contribution in [-0.4, -0.2) is 29.6 Å². The van der Waals surface area contributed by atoms with Gasteiger partial charge in [0.15, 0.2) is 0 Å². The Bertz CT molecular complexity index is 769. The lowest BCUT2D eigenvalue weighted by Crippen LogP contribution is -2.06. The average molecular weight is 350 g/mol. The average Bonchev–Trinajstić information content (AvgIpc) is 3.12. The zero-order valence-corrected chi connectivity index (χ0v) is 15.3. The molecule has 0 aliphatic heterocycles. The van der Waals surface area contributed by atoms with Gasteiger partial charge < -0.3 is 14.0 Å². The highest BCUT2D eigenvalue weighted by Gasteiger charge is 2.14. The zero-order valence-electron chi connectivity index (χ0n) is 15.3. The van der Waals surface area contributed by atoms with Crippen LogP contribution in [0.2, 0.25) is 0 Å². The molecule has 0 unspecified atom stereocenters. The summed E-state index contributed by atoms with van der Waals surface area (Å²) in [6, 6.07) is 20.8. The van der Waals surface area contributed by atoms with Crippen molar-refractivity contribution in [2.24, 2.45) is 0 Å². The van der Waals surface area contributed by atoms with Gasteiger partial charge in [0.2, 0.25) is 0 Å². The van der Waals surface area contributed by atoms with Crippen molar-refractivity contribution in [3.05, 3.63) is 67.0 Å². The molecule has 1 heterocycles. The monoisotopic (exact) mass is 350 g/mol. The smallest absolute Gasteiger partial charge is 0.146 e. The Morgan fingerprint density at radius 2 is 1.50 bits per heavy atom. The number of aromatic nitrogens is 2. The summed E-state index contributed by atoms with van der Waals surface area (Å²) in [5.74, 6) is 0. The Morgan fingerprint density at radius 1 is 0.846 bits per heavy atom. The molecule has 0 radical (unpaired) electrons. The number of nitrogens with zero attached hydrogens (tertiary/aromatic N) is 2. The van der Waals surface area contributed by atoms with E-state index in [4.69, 9.17) is 14.5 Å². The standard InChI is InChI=1S/C22H26N2O2/c1-2-15-25-18-26-16-9-14-24-17-23-21(19-10-5-3-6-11-19)22(24)20-12-7-4-8-13-20/h3-8,10-13,17H,2,9,14-16,18H2,1H3. The van der Waals surface area contributed by atoms with Crippen LogP contribution in [0.15, 0.2) is 67.0 Å². The number of hydrogen-bond donors (Lipinski definition) is 0. The quantitative estimate of drug-likeness (QED) is 0.381. The van der Waals surface area contributed by atoms with Crippen molar-refractivity contribution in [3.8, 4) is 22.5 Å². The topological polar surface area (TPSA) is 36.3 Å². The van der Waals surface area contributed by atoms with Gasteiger partial charge in [-0.3, -0.25) is 0 Å². The number of aryl methyl sites for hydroxylation is 1. The molecule has 4 nitrogen and oxygen atoms in total. The van der Waals surface area contributed by atoms with E-state index in [1.807, 2.05) is 30.6 Å². The maximum Gasteiger partial charge on any atom is 0.146 e. The number of benzene rings is 2. The Hall–Kier alpha value is -2.43. The molecule has 0 saturated carbocycles. The second kappa shape index (κ2) is 9.90. The van der Waals surface area contributed by atoms with Gasteiger partial charge in [0.05, 0.1) is 24.3 Å². The van der Waals surface area contributed by atoms with Crippen molar-refractivity contribution < 1.29 is 9.47 Å². The van der Waals surface area contributed by atoms with E-state index in [-0.39, 0.29) is 0 Å². The van der Waals surface area contributed by atoms with E-state index in [2.05, 4.69) is 47.9 Å². The first-order valence-electron chi connectivity index (χ1n) is 9.21. The fourth-order valence-electron chi connectivity index (χ4n) is 2.92. The van der Waals surface area contributed by atoms with E-state index in [1.54, 1.807) is 0 Å². The first-order chi connectivity index (χ1) is 12.9. The lowest BCUT2D eigenvalue weighted by Gasteiger charge is -2.11. The van der Waals surface area contributed by atoms with Crippen molar-refractivity contribution in [2.75, 3.05) is 20.0 Å². The van der Waals surface area contributed by atoms with Crippen molar-refractivity contribution in [1.82, 2.24) is 9.55 Å². The molecule has 0 aliphatic rings. The van der Waals surface area contributed by atoms with Crippen LogP contribution in [0.3, 0.4) is 0 Å². The summed E-state index contributed by atoms with van der Waals surface area (Å²) in [5.41, 5.74) is 4.48. The first-order valence-corrected chi connectivity index (χ1v) is 9.21. The predicted octanol–water partition coefficient (Wildman–Crippen LogP) is 5.01. The zero-order chi connectivity index (χ0) is 18.0.